The van der Waals surface area contributed by atoms with Crippen molar-refractivity contribution < 1.29 is 14.4 Å². The molecular formula is C20H25N3O3. The van der Waals surface area contributed by atoms with E-state index in [1.807, 2.05) is 25.1 Å². The highest BCUT2D eigenvalue weighted by atomic mass is 16.2. The Balaban J connectivity index is 1.77. The molecule has 1 aliphatic heterocycles. The summed E-state index contributed by atoms with van der Waals surface area (Å²) in [7, 11) is 0. The number of urea groups is 1. The fraction of sp³-hybridized carbons (Fsp3) is 0.450. The summed E-state index contributed by atoms with van der Waals surface area (Å²) < 4.78 is 0. The van der Waals surface area contributed by atoms with E-state index in [1.54, 1.807) is 24.0 Å². The fourth-order valence-electron chi connectivity index (χ4n) is 3.63. The van der Waals surface area contributed by atoms with Crippen molar-refractivity contribution in [3.63, 3.8) is 0 Å². The van der Waals surface area contributed by atoms with Crippen LogP contribution in [0, 0.1) is 0 Å². The second-order valence-electron chi connectivity index (χ2n) is 6.89. The third-order valence-corrected chi connectivity index (χ3v) is 5.15. The van der Waals surface area contributed by atoms with Gasteiger partial charge in [0, 0.05) is 12.2 Å². The van der Waals surface area contributed by atoms with E-state index in [9.17, 15) is 14.4 Å². The summed E-state index contributed by atoms with van der Waals surface area (Å²) in [6.07, 6.45) is 6.11. The fourth-order valence-corrected chi connectivity index (χ4v) is 3.63. The molecule has 0 saturated carbocycles. The second kappa shape index (κ2) is 7.32. The summed E-state index contributed by atoms with van der Waals surface area (Å²) in [4.78, 5) is 40.8. The van der Waals surface area contributed by atoms with Crippen molar-refractivity contribution in [3.8, 4) is 0 Å². The highest BCUT2D eigenvalue weighted by Crippen LogP contribution is 2.29. The van der Waals surface area contributed by atoms with Gasteiger partial charge in [0.15, 0.2) is 0 Å². The van der Waals surface area contributed by atoms with Gasteiger partial charge >= 0.3 is 6.03 Å². The van der Waals surface area contributed by atoms with Crippen LogP contribution < -0.4 is 5.32 Å². The number of nitrogens with one attached hydrogen (secondary N) is 1. The molecule has 26 heavy (non-hydrogen) atoms. The summed E-state index contributed by atoms with van der Waals surface area (Å²) in [5.74, 6) is -0.614. The Bertz CT molecular complexity index is 744. The van der Waals surface area contributed by atoms with E-state index in [1.165, 1.54) is 0 Å². The molecule has 0 aromatic heterocycles. The summed E-state index contributed by atoms with van der Waals surface area (Å²) in [5, 5.41) is 2.74. The van der Waals surface area contributed by atoms with Gasteiger partial charge in [-0.1, -0.05) is 36.4 Å². The lowest BCUT2D eigenvalue weighted by atomic mass is 9.92. The van der Waals surface area contributed by atoms with Crippen LogP contribution in [-0.2, 0) is 15.1 Å². The standard InChI is InChI=1S/C20H25N3O3/c1-3-22(16-12-8-5-9-13-16)17(24)14-23-18(25)20(2,21-19(23)26)15-10-6-4-7-11-15/h4,6-7,10-12H,3,5,8-9,13-14H2,1-2H3,(H,21,26)/t20-/m0/s1. The lowest BCUT2D eigenvalue weighted by Gasteiger charge is -2.28. The van der Waals surface area contributed by atoms with Crippen LogP contribution in [0.3, 0.4) is 0 Å². The maximum atomic E-state index is 12.9. The molecule has 3 rings (SSSR count). The number of amides is 4. The van der Waals surface area contributed by atoms with Gasteiger partial charge in [-0.25, -0.2) is 4.79 Å². The number of nitrogens with zero attached hydrogens (tertiary/aromatic N) is 2. The number of carbonyl (C=O) groups excluding carboxylic acids is 3. The maximum absolute atomic E-state index is 12.9. The Kier molecular flexibility index (Phi) is 5.11. The minimum atomic E-state index is -1.14. The molecule has 0 unspecified atom stereocenters. The predicted octanol–water partition coefficient (Wildman–Crippen LogP) is 2.76. The van der Waals surface area contributed by atoms with Crippen LogP contribution in [-0.4, -0.2) is 40.7 Å². The molecule has 0 radical (unpaired) electrons. The minimum absolute atomic E-state index is 0.221. The van der Waals surface area contributed by atoms with E-state index in [0.29, 0.717) is 12.1 Å². The third kappa shape index (κ3) is 3.23. The van der Waals surface area contributed by atoms with Crippen molar-refractivity contribution in [2.24, 2.45) is 0 Å². The van der Waals surface area contributed by atoms with Gasteiger partial charge in [0.25, 0.3) is 5.91 Å². The first-order valence-corrected chi connectivity index (χ1v) is 9.16. The molecule has 1 fully saturated rings. The van der Waals surface area contributed by atoms with Gasteiger partial charge in [-0.15, -0.1) is 0 Å². The molecule has 0 spiro atoms. The Morgan fingerprint density at radius 3 is 2.58 bits per heavy atom. The van der Waals surface area contributed by atoms with Crippen LogP contribution in [0.2, 0.25) is 0 Å². The first kappa shape index (κ1) is 18.2. The summed E-state index contributed by atoms with van der Waals surface area (Å²) >= 11 is 0. The summed E-state index contributed by atoms with van der Waals surface area (Å²) in [6.45, 7) is 3.88. The smallest absolute Gasteiger partial charge is 0.319 e. The molecule has 1 atom stereocenters. The molecule has 0 bridgehead atoms. The molecule has 138 valence electrons. The van der Waals surface area contributed by atoms with Crippen LogP contribution in [0.5, 0.6) is 0 Å². The molecule has 1 heterocycles. The lowest BCUT2D eigenvalue weighted by molar-refractivity contribution is -0.138. The topological polar surface area (TPSA) is 69.7 Å². The van der Waals surface area contributed by atoms with Crippen LogP contribution >= 0.6 is 0 Å². The number of imide groups is 1. The molecule has 1 aliphatic carbocycles. The predicted molar refractivity (Wildman–Crippen MR) is 98.0 cm³/mol. The highest BCUT2D eigenvalue weighted by molar-refractivity contribution is 6.09. The molecule has 1 aromatic carbocycles. The summed E-state index contributed by atoms with van der Waals surface area (Å²) in [6, 6.07) is 8.57. The third-order valence-electron chi connectivity index (χ3n) is 5.15. The number of hydrogen-bond acceptors (Lipinski definition) is 3. The number of rotatable bonds is 5. The number of hydrogen-bond donors (Lipinski definition) is 1. The first-order chi connectivity index (χ1) is 12.5. The zero-order valence-electron chi connectivity index (χ0n) is 15.3. The van der Waals surface area contributed by atoms with E-state index in [2.05, 4.69) is 11.4 Å². The number of likely N-dealkylation sites (N-methyl/N-ethyl adjacent to an activating group) is 1. The van der Waals surface area contributed by atoms with Gasteiger partial charge in [-0.2, -0.15) is 0 Å². The molecule has 2 aliphatic rings. The molecule has 6 heteroatoms. The zero-order chi connectivity index (χ0) is 18.7. The van der Waals surface area contributed by atoms with Crippen LogP contribution in [0.1, 0.15) is 45.1 Å². The van der Waals surface area contributed by atoms with Crippen molar-refractivity contribution in [2.45, 2.75) is 45.1 Å². The summed E-state index contributed by atoms with van der Waals surface area (Å²) in [5.41, 5.74) is 0.567. The van der Waals surface area contributed by atoms with Crippen molar-refractivity contribution >= 4 is 17.8 Å². The molecule has 1 N–H and O–H groups in total. The number of carbonyl (C=O) groups is 3. The van der Waals surface area contributed by atoms with Crippen LogP contribution in [0.15, 0.2) is 42.1 Å². The largest absolute Gasteiger partial charge is 0.325 e. The van der Waals surface area contributed by atoms with Gasteiger partial charge in [-0.3, -0.25) is 14.5 Å². The number of benzene rings is 1. The average Bonchev–Trinajstić information content (AvgIpc) is 2.88. The van der Waals surface area contributed by atoms with Gasteiger partial charge in [0.1, 0.15) is 12.1 Å². The van der Waals surface area contributed by atoms with Crippen molar-refractivity contribution in [2.75, 3.05) is 13.1 Å². The molecule has 1 aromatic rings. The van der Waals surface area contributed by atoms with Crippen molar-refractivity contribution in [1.82, 2.24) is 15.1 Å². The quantitative estimate of drug-likeness (QED) is 0.826. The SMILES string of the molecule is CCN(C(=O)CN1C(=O)N[C@@](C)(c2ccccc2)C1=O)C1=CCCCC1. The Labute approximate surface area is 153 Å². The van der Waals surface area contributed by atoms with E-state index in [4.69, 9.17) is 0 Å². The zero-order valence-corrected chi connectivity index (χ0v) is 15.3. The Hall–Kier alpha value is -2.63. The van der Waals surface area contributed by atoms with Gasteiger partial charge in [0.2, 0.25) is 5.91 Å². The second-order valence-corrected chi connectivity index (χ2v) is 6.89. The van der Waals surface area contributed by atoms with E-state index in [0.717, 1.165) is 36.3 Å². The van der Waals surface area contributed by atoms with Gasteiger partial charge in [0.05, 0.1) is 0 Å². The monoisotopic (exact) mass is 355 g/mol. The average molecular weight is 355 g/mol. The Morgan fingerprint density at radius 1 is 1.23 bits per heavy atom. The van der Waals surface area contributed by atoms with Crippen LogP contribution in [0.4, 0.5) is 4.79 Å². The number of allylic oxidation sites excluding steroid dienone is 2. The van der Waals surface area contributed by atoms with E-state index < -0.39 is 17.5 Å². The normalized spacial score (nSPS) is 22.8. The van der Waals surface area contributed by atoms with Gasteiger partial charge in [-0.05, 0) is 45.1 Å². The van der Waals surface area contributed by atoms with Crippen molar-refractivity contribution in [1.29, 1.82) is 0 Å². The minimum Gasteiger partial charge on any atom is -0.319 e. The maximum Gasteiger partial charge on any atom is 0.325 e. The highest BCUT2D eigenvalue weighted by Gasteiger charge is 2.49. The molecule has 6 nitrogen and oxygen atoms in total. The first-order valence-electron chi connectivity index (χ1n) is 9.16. The van der Waals surface area contributed by atoms with E-state index in [-0.39, 0.29) is 12.5 Å². The van der Waals surface area contributed by atoms with Gasteiger partial charge < -0.3 is 10.2 Å². The lowest BCUT2D eigenvalue weighted by Crippen LogP contribution is -2.44. The van der Waals surface area contributed by atoms with Crippen LogP contribution in [0.25, 0.3) is 0 Å². The van der Waals surface area contributed by atoms with E-state index >= 15 is 0 Å². The molecular weight excluding hydrogens is 330 g/mol. The van der Waals surface area contributed by atoms with Crippen molar-refractivity contribution in [3.05, 3.63) is 47.7 Å². The molecule has 4 amide bonds. The Morgan fingerprint density at radius 2 is 1.96 bits per heavy atom. The molecule has 1 saturated heterocycles.